The summed E-state index contributed by atoms with van der Waals surface area (Å²) in [5.41, 5.74) is 1.83. The molecule has 2 aromatic heterocycles. The smallest absolute Gasteiger partial charge is 0.276 e. The minimum Gasteiger partial charge on any atom is -0.497 e. The number of hydrogen-bond donors (Lipinski definition) is 0. The Bertz CT molecular complexity index is 958. The Hall–Kier alpha value is -2.98. The van der Waals surface area contributed by atoms with Gasteiger partial charge in [0, 0.05) is 31.2 Å². The van der Waals surface area contributed by atoms with Crippen LogP contribution in [-0.2, 0) is 10.5 Å². The zero-order chi connectivity index (χ0) is 20.1. The highest BCUT2D eigenvalue weighted by molar-refractivity contribution is 7.98. The number of carbonyl (C=O) groups is 1. The molecule has 3 heterocycles. The predicted molar refractivity (Wildman–Crippen MR) is 106 cm³/mol. The largest absolute Gasteiger partial charge is 0.497 e. The van der Waals surface area contributed by atoms with E-state index in [1.54, 1.807) is 35.2 Å². The summed E-state index contributed by atoms with van der Waals surface area (Å²) in [4.78, 5) is 23.3. The highest BCUT2D eigenvalue weighted by Crippen LogP contribution is 2.24. The van der Waals surface area contributed by atoms with Gasteiger partial charge in [0.1, 0.15) is 5.75 Å². The van der Waals surface area contributed by atoms with E-state index in [-0.39, 0.29) is 5.91 Å². The summed E-state index contributed by atoms with van der Waals surface area (Å²) in [5, 5.41) is 9.11. The number of carbonyl (C=O) groups excluding carboxylic acids is 1. The molecule has 1 aromatic carbocycles. The van der Waals surface area contributed by atoms with Gasteiger partial charge < -0.3 is 14.4 Å². The van der Waals surface area contributed by atoms with Gasteiger partial charge in [-0.05, 0) is 30.3 Å². The Labute approximate surface area is 172 Å². The number of ether oxygens (including phenoxy) is 2. The summed E-state index contributed by atoms with van der Waals surface area (Å²) in [6.45, 7) is 2.14. The van der Waals surface area contributed by atoms with Gasteiger partial charge in [-0.25, -0.2) is 14.6 Å². The molecular weight excluding hydrogens is 392 g/mol. The van der Waals surface area contributed by atoms with Gasteiger partial charge >= 0.3 is 0 Å². The van der Waals surface area contributed by atoms with Crippen LogP contribution in [0.2, 0.25) is 0 Å². The van der Waals surface area contributed by atoms with Crippen molar-refractivity contribution in [3.8, 4) is 11.4 Å². The van der Waals surface area contributed by atoms with Gasteiger partial charge in [-0.2, -0.15) is 0 Å². The highest BCUT2D eigenvalue weighted by Gasteiger charge is 2.26. The molecule has 0 bridgehead atoms. The minimum absolute atomic E-state index is 0.141. The van der Waals surface area contributed by atoms with E-state index in [0.717, 1.165) is 11.4 Å². The average Bonchev–Trinajstić information content (AvgIpc) is 3.22. The van der Waals surface area contributed by atoms with E-state index in [1.807, 2.05) is 24.3 Å². The fraction of sp³-hybridized carbons (Fsp3) is 0.316. The van der Waals surface area contributed by atoms with Gasteiger partial charge in [-0.15, -0.1) is 5.10 Å². The zero-order valence-corrected chi connectivity index (χ0v) is 16.7. The molecule has 0 N–H and O–H groups in total. The number of morpholine rings is 1. The first-order valence-corrected chi connectivity index (χ1v) is 10.1. The molecule has 9 nitrogen and oxygen atoms in total. The van der Waals surface area contributed by atoms with Gasteiger partial charge in [0.05, 0.1) is 31.7 Å². The van der Waals surface area contributed by atoms with Crippen molar-refractivity contribution in [1.82, 2.24) is 29.9 Å². The number of rotatable bonds is 6. The first-order valence-electron chi connectivity index (χ1n) is 9.12. The zero-order valence-electron chi connectivity index (χ0n) is 15.9. The summed E-state index contributed by atoms with van der Waals surface area (Å²) in [6.07, 6.45) is 3.38. The lowest BCUT2D eigenvalue weighted by Crippen LogP contribution is -2.41. The molecule has 0 atom stereocenters. The van der Waals surface area contributed by atoms with Crippen molar-refractivity contribution in [2.75, 3.05) is 33.4 Å². The minimum atomic E-state index is -0.141. The lowest BCUT2D eigenvalue weighted by molar-refractivity contribution is 0.0298. The maximum Gasteiger partial charge on any atom is 0.276 e. The Morgan fingerprint density at radius 3 is 2.59 bits per heavy atom. The number of methoxy groups -OCH3 is 1. The molecule has 1 fully saturated rings. The first-order chi connectivity index (χ1) is 14.3. The van der Waals surface area contributed by atoms with Crippen LogP contribution in [0.15, 0.2) is 47.9 Å². The molecule has 0 saturated carbocycles. The third-order valence-corrected chi connectivity index (χ3v) is 5.35. The maximum absolute atomic E-state index is 13.1. The molecule has 3 aromatic rings. The molecule has 4 rings (SSSR count). The third-order valence-electron chi connectivity index (χ3n) is 4.46. The van der Waals surface area contributed by atoms with Crippen molar-refractivity contribution in [3.05, 3.63) is 54.1 Å². The van der Waals surface area contributed by atoms with E-state index in [2.05, 4.69) is 20.3 Å². The first kappa shape index (κ1) is 19.3. The molecule has 29 heavy (non-hydrogen) atoms. The standard InChI is InChI=1S/C19H20N6O3S/c1-27-15-5-3-14(4-6-15)25-16(13-29-19-20-7-2-8-21-19)17(22-23-25)18(26)24-9-11-28-12-10-24/h2-8H,9-13H2,1H3. The van der Waals surface area contributed by atoms with E-state index in [1.165, 1.54) is 11.8 Å². The van der Waals surface area contributed by atoms with Crippen LogP contribution in [0.3, 0.4) is 0 Å². The number of aromatic nitrogens is 5. The van der Waals surface area contributed by atoms with E-state index in [9.17, 15) is 4.79 Å². The molecule has 0 unspecified atom stereocenters. The molecule has 1 saturated heterocycles. The average molecular weight is 412 g/mol. The number of nitrogens with zero attached hydrogens (tertiary/aromatic N) is 6. The molecule has 1 aliphatic heterocycles. The van der Waals surface area contributed by atoms with Crippen LogP contribution < -0.4 is 4.74 Å². The van der Waals surface area contributed by atoms with Crippen LogP contribution in [0, 0.1) is 0 Å². The summed E-state index contributed by atoms with van der Waals surface area (Å²) in [6, 6.07) is 9.21. The van der Waals surface area contributed by atoms with Crippen molar-refractivity contribution in [2.24, 2.45) is 0 Å². The number of benzene rings is 1. The Morgan fingerprint density at radius 2 is 1.90 bits per heavy atom. The molecule has 1 aliphatic rings. The van der Waals surface area contributed by atoms with Gasteiger partial charge in [0.15, 0.2) is 10.9 Å². The summed E-state index contributed by atoms with van der Waals surface area (Å²) >= 11 is 1.43. The molecule has 0 aliphatic carbocycles. The second-order valence-corrected chi connectivity index (χ2v) is 7.16. The van der Waals surface area contributed by atoms with Crippen LogP contribution in [0.5, 0.6) is 5.75 Å². The molecule has 0 spiro atoms. The molecule has 10 heteroatoms. The molecular formula is C19H20N6O3S. The lowest BCUT2D eigenvalue weighted by Gasteiger charge is -2.26. The van der Waals surface area contributed by atoms with Crippen LogP contribution in [0.1, 0.15) is 16.2 Å². The second-order valence-electron chi connectivity index (χ2n) is 6.22. The van der Waals surface area contributed by atoms with Gasteiger partial charge in [0.25, 0.3) is 5.91 Å². The van der Waals surface area contributed by atoms with Gasteiger partial charge in [-0.1, -0.05) is 17.0 Å². The normalized spacial score (nSPS) is 14.0. The van der Waals surface area contributed by atoms with E-state index in [4.69, 9.17) is 9.47 Å². The van der Waals surface area contributed by atoms with Crippen LogP contribution in [0.4, 0.5) is 0 Å². The summed E-state index contributed by atoms with van der Waals surface area (Å²) < 4.78 is 12.3. The van der Waals surface area contributed by atoms with Crippen molar-refractivity contribution in [3.63, 3.8) is 0 Å². The SMILES string of the molecule is COc1ccc(-n2nnc(C(=O)N3CCOCC3)c2CSc2ncccn2)cc1. The van der Waals surface area contributed by atoms with Crippen molar-refractivity contribution in [1.29, 1.82) is 0 Å². The predicted octanol–water partition coefficient (Wildman–Crippen LogP) is 1.83. The summed E-state index contributed by atoms with van der Waals surface area (Å²) in [7, 11) is 1.62. The number of amides is 1. The van der Waals surface area contributed by atoms with E-state index < -0.39 is 0 Å². The Morgan fingerprint density at radius 1 is 1.17 bits per heavy atom. The second kappa shape index (κ2) is 9.01. The Kier molecular flexibility index (Phi) is 6.01. The quantitative estimate of drug-likeness (QED) is 0.447. The molecule has 0 radical (unpaired) electrons. The summed E-state index contributed by atoms with van der Waals surface area (Å²) in [5.74, 6) is 1.05. The molecule has 150 valence electrons. The van der Waals surface area contributed by atoms with Crippen LogP contribution in [0.25, 0.3) is 5.69 Å². The van der Waals surface area contributed by atoms with Gasteiger partial charge in [0.2, 0.25) is 0 Å². The molecule has 1 amide bonds. The number of thioether (sulfide) groups is 1. The highest BCUT2D eigenvalue weighted by atomic mass is 32.2. The van der Waals surface area contributed by atoms with Crippen molar-refractivity contribution in [2.45, 2.75) is 10.9 Å². The lowest BCUT2D eigenvalue weighted by atomic mass is 10.2. The topological polar surface area (TPSA) is 95.3 Å². The van der Waals surface area contributed by atoms with Crippen molar-refractivity contribution < 1.29 is 14.3 Å². The third kappa shape index (κ3) is 4.38. The van der Waals surface area contributed by atoms with E-state index in [0.29, 0.717) is 48.6 Å². The van der Waals surface area contributed by atoms with Crippen molar-refractivity contribution >= 4 is 17.7 Å². The fourth-order valence-electron chi connectivity index (χ4n) is 2.94. The number of hydrogen-bond acceptors (Lipinski definition) is 8. The van der Waals surface area contributed by atoms with Crippen LogP contribution >= 0.6 is 11.8 Å². The fourth-order valence-corrected chi connectivity index (χ4v) is 3.73. The maximum atomic E-state index is 13.1. The van der Waals surface area contributed by atoms with Gasteiger partial charge in [-0.3, -0.25) is 4.79 Å². The Balaban J connectivity index is 1.66. The van der Waals surface area contributed by atoms with E-state index >= 15 is 0 Å². The van der Waals surface area contributed by atoms with Crippen LogP contribution in [-0.4, -0.2) is 69.2 Å². The monoisotopic (exact) mass is 412 g/mol.